The highest BCUT2D eigenvalue weighted by atomic mass is 19.2. The Morgan fingerprint density at radius 2 is 1.68 bits per heavy atom. The van der Waals surface area contributed by atoms with Gasteiger partial charge in [0, 0.05) is 19.1 Å². The van der Waals surface area contributed by atoms with Crippen molar-refractivity contribution in [3.05, 3.63) is 58.9 Å². The maximum atomic E-state index is 13.8. The molecule has 2 aromatic carbocycles. The molecule has 0 bridgehead atoms. The SMILES string of the molecule is COc1ccc(CC(=O)N2CCC(NC(=O)c3ccc(F)c(F)c3F)CC2)cc1OC. The lowest BCUT2D eigenvalue weighted by Crippen LogP contribution is -2.47. The second-order valence-corrected chi connectivity index (χ2v) is 7.22. The fraction of sp³-hybridized carbons (Fsp3) is 0.364. The van der Waals surface area contributed by atoms with E-state index < -0.39 is 28.9 Å². The van der Waals surface area contributed by atoms with Gasteiger partial charge >= 0.3 is 0 Å². The van der Waals surface area contributed by atoms with Crippen LogP contribution < -0.4 is 14.8 Å². The highest BCUT2D eigenvalue weighted by molar-refractivity contribution is 5.94. The zero-order chi connectivity index (χ0) is 22.5. The van der Waals surface area contributed by atoms with Gasteiger partial charge in [0.1, 0.15) is 0 Å². The van der Waals surface area contributed by atoms with Crippen LogP contribution in [0.4, 0.5) is 13.2 Å². The Kier molecular flexibility index (Phi) is 7.04. The second kappa shape index (κ2) is 9.72. The highest BCUT2D eigenvalue weighted by Gasteiger charge is 2.26. The van der Waals surface area contributed by atoms with Gasteiger partial charge in [0.2, 0.25) is 5.91 Å². The van der Waals surface area contributed by atoms with Crippen molar-refractivity contribution in [1.29, 1.82) is 0 Å². The van der Waals surface area contributed by atoms with Crippen LogP contribution in [0.15, 0.2) is 30.3 Å². The van der Waals surface area contributed by atoms with Crippen LogP contribution in [-0.2, 0) is 11.2 Å². The van der Waals surface area contributed by atoms with Gasteiger partial charge in [0.05, 0.1) is 26.2 Å². The quantitative estimate of drug-likeness (QED) is 0.707. The van der Waals surface area contributed by atoms with Gasteiger partial charge < -0.3 is 19.7 Å². The van der Waals surface area contributed by atoms with Crippen molar-refractivity contribution in [2.75, 3.05) is 27.3 Å². The minimum absolute atomic E-state index is 0.0661. The van der Waals surface area contributed by atoms with Crippen LogP contribution in [0.3, 0.4) is 0 Å². The first-order valence-electron chi connectivity index (χ1n) is 9.77. The summed E-state index contributed by atoms with van der Waals surface area (Å²) in [5.74, 6) is -4.31. The fourth-order valence-electron chi connectivity index (χ4n) is 3.51. The number of likely N-dealkylation sites (tertiary alicyclic amines) is 1. The van der Waals surface area contributed by atoms with Crippen LogP contribution in [0.5, 0.6) is 11.5 Å². The molecule has 0 aliphatic carbocycles. The van der Waals surface area contributed by atoms with E-state index in [1.165, 1.54) is 14.2 Å². The Balaban J connectivity index is 1.54. The van der Waals surface area contributed by atoms with Crippen LogP contribution in [-0.4, -0.2) is 50.1 Å². The standard InChI is InChI=1S/C22H23F3N2O4/c1-30-17-6-3-13(11-18(17)31-2)12-19(28)27-9-7-14(8-10-27)26-22(29)15-4-5-16(23)21(25)20(15)24/h3-6,11,14H,7-10,12H2,1-2H3,(H,26,29). The largest absolute Gasteiger partial charge is 0.493 e. The number of piperidine rings is 1. The fourth-order valence-corrected chi connectivity index (χ4v) is 3.51. The van der Waals surface area contributed by atoms with Crippen molar-refractivity contribution in [1.82, 2.24) is 10.2 Å². The van der Waals surface area contributed by atoms with E-state index >= 15 is 0 Å². The highest BCUT2D eigenvalue weighted by Crippen LogP contribution is 2.28. The molecule has 0 atom stereocenters. The molecule has 31 heavy (non-hydrogen) atoms. The topological polar surface area (TPSA) is 67.9 Å². The first-order valence-corrected chi connectivity index (χ1v) is 9.77. The van der Waals surface area contributed by atoms with Crippen LogP contribution in [0.25, 0.3) is 0 Å². The summed E-state index contributed by atoms with van der Waals surface area (Å²) in [5.41, 5.74) is 0.234. The number of hydrogen-bond acceptors (Lipinski definition) is 4. The van der Waals surface area contributed by atoms with Gasteiger partial charge in [-0.25, -0.2) is 13.2 Å². The summed E-state index contributed by atoms with van der Waals surface area (Å²) < 4.78 is 50.6. The van der Waals surface area contributed by atoms with Crippen molar-refractivity contribution < 1.29 is 32.2 Å². The molecule has 1 N–H and O–H groups in total. The molecule has 0 unspecified atom stereocenters. The van der Waals surface area contributed by atoms with E-state index in [9.17, 15) is 22.8 Å². The third-order valence-corrected chi connectivity index (χ3v) is 5.27. The van der Waals surface area contributed by atoms with Gasteiger partial charge in [0.25, 0.3) is 5.91 Å². The lowest BCUT2D eigenvalue weighted by atomic mass is 10.0. The molecule has 3 rings (SSSR count). The van der Waals surface area contributed by atoms with Gasteiger partial charge in [-0.2, -0.15) is 0 Å². The molecule has 6 nitrogen and oxygen atoms in total. The maximum Gasteiger partial charge on any atom is 0.254 e. The average molecular weight is 436 g/mol. The number of nitrogens with one attached hydrogen (secondary N) is 1. The Bertz CT molecular complexity index is 975. The van der Waals surface area contributed by atoms with E-state index in [1.54, 1.807) is 23.1 Å². The van der Waals surface area contributed by atoms with Crippen molar-refractivity contribution in [2.24, 2.45) is 0 Å². The third kappa shape index (κ3) is 5.10. The van der Waals surface area contributed by atoms with E-state index in [-0.39, 0.29) is 18.4 Å². The second-order valence-electron chi connectivity index (χ2n) is 7.22. The van der Waals surface area contributed by atoms with E-state index in [0.717, 1.165) is 11.6 Å². The number of amides is 2. The Morgan fingerprint density at radius 1 is 1.00 bits per heavy atom. The Morgan fingerprint density at radius 3 is 2.32 bits per heavy atom. The number of rotatable bonds is 6. The van der Waals surface area contributed by atoms with Gasteiger partial charge in [0.15, 0.2) is 29.0 Å². The summed E-state index contributed by atoms with van der Waals surface area (Å²) in [7, 11) is 3.06. The number of carbonyl (C=O) groups is 2. The molecule has 9 heteroatoms. The summed E-state index contributed by atoms with van der Waals surface area (Å²) in [6.07, 6.45) is 1.13. The molecule has 2 aromatic rings. The molecule has 1 heterocycles. The molecule has 0 saturated carbocycles. The lowest BCUT2D eigenvalue weighted by molar-refractivity contribution is -0.131. The number of carbonyl (C=O) groups excluding carboxylic acids is 2. The number of hydrogen-bond donors (Lipinski definition) is 1. The summed E-state index contributed by atoms with van der Waals surface area (Å²) in [4.78, 5) is 26.5. The van der Waals surface area contributed by atoms with Gasteiger partial charge in [-0.15, -0.1) is 0 Å². The first-order chi connectivity index (χ1) is 14.8. The molecular formula is C22H23F3N2O4. The zero-order valence-corrected chi connectivity index (χ0v) is 17.2. The van der Waals surface area contributed by atoms with Crippen LogP contribution in [0, 0.1) is 17.5 Å². The van der Waals surface area contributed by atoms with Gasteiger partial charge in [-0.1, -0.05) is 6.07 Å². The van der Waals surface area contributed by atoms with Crippen molar-refractivity contribution in [2.45, 2.75) is 25.3 Å². The number of halogens is 3. The summed E-state index contributed by atoms with van der Waals surface area (Å²) in [6, 6.07) is 6.60. The van der Waals surface area contributed by atoms with Crippen molar-refractivity contribution in [3.63, 3.8) is 0 Å². The number of benzene rings is 2. The molecule has 2 amide bonds. The predicted molar refractivity (Wildman–Crippen MR) is 107 cm³/mol. The van der Waals surface area contributed by atoms with Gasteiger partial charge in [-0.3, -0.25) is 9.59 Å². The van der Waals surface area contributed by atoms with Crippen LogP contribution in [0.1, 0.15) is 28.8 Å². The molecule has 1 fully saturated rings. The molecule has 0 spiro atoms. The molecule has 166 valence electrons. The van der Waals surface area contributed by atoms with E-state index in [1.807, 2.05) is 0 Å². The molecule has 0 radical (unpaired) electrons. The molecule has 1 saturated heterocycles. The zero-order valence-electron chi connectivity index (χ0n) is 17.2. The first kappa shape index (κ1) is 22.5. The van der Waals surface area contributed by atoms with Crippen LogP contribution >= 0.6 is 0 Å². The van der Waals surface area contributed by atoms with Crippen molar-refractivity contribution in [3.8, 4) is 11.5 Å². The maximum absolute atomic E-state index is 13.8. The molecule has 1 aliphatic heterocycles. The minimum Gasteiger partial charge on any atom is -0.493 e. The minimum atomic E-state index is -1.68. The molecule has 0 aromatic heterocycles. The molecule has 1 aliphatic rings. The predicted octanol–water partition coefficient (Wildman–Crippen LogP) is 3.08. The monoisotopic (exact) mass is 436 g/mol. The van der Waals surface area contributed by atoms with E-state index in [4.69, 9.17) is 9.47 Å². The number of methoxy groups -OCH3 is 2. The molecular weight excluding hydrogens is 413 g/mol. The van der Waals surface area contributed by atoms with Crippen molar-refractivity contribution >= 4 is 11.8 Å². The van der Waals surface area contributed by atoms with Gasteiger partial charge in [-0.05, 0) is 42.7 Å². The van der Waals surface area contributed by atoms with Crippen LogP contribution in [0.2, 0.25) is 0 Å². The third-order valence-electron chi connectivity index (χ3n) is 5.27. The summed E-state index contributed by atoms with van der Waals surface area (Å²) in [5, 5.41) is 2.62. The average Bonchev–Trinajstić information content (AvgIpc) is 2.77. The normalized spacial score (nSPS) is 14.3. The van der Waals surface area contributed by atoms with E-state index in [2.05, 4.69) is 5.32 Å². The summed E-state index contributed by atoms with van der Waals surface area (Å²) in [6.45, 7) is 0.828. The Labute approximate surface area is 177 Å². The smallest absolute Gasteiger partial charge is 0.254 e. The van der Waals surface area contributed by atoms with E-state index in [0.29, 0.717) is 43.5 Å². The number of ether oxygens (including phenoxy) is 2. The lowest BCUT2D eigenvalue weighted by Gasteiger charge is -2.32. The Hall–Kier alpha value is -3.23. The number of nitrogens with zero attached hydrogens (tertiary/aromatic N) is 1. The summed E-state index contributed by atoms with van der Waals surface area (Å²) >= 11 is 0.